The van der Waals surface area contributed by atoms with Gasteiger partial charge in [0.05, 0.1) is 30.7 Å². The van der Waals surface area contributed by atoms with Gasteiger partial charge >= 0.3 is 0 Å². The van der Waals surface area contributed by atoms with E-state index in [1.807, 2.05) is 23.1 Å². The summed E-state index contributed by atoms with van der Waals surface area (Å²) in [6.07, 6.45) is 8.70. The summed E-state index contributed by atoms with van der Waals surface area (Å²) in [5, 5.41) is 1.07. The van der Waals surface area contributed by atoms with Crippen LogP contribution in [0.5, 0.6) is 5.75 Å². The number of amides is 1. The third-order valence-electron chi connectivity index (χ3n) is 6.73. The molecule has 2 atom stereocenters. The predicted octanol–water partition coefficient (Wildman–Crippen LogP) is 3.98. The lowest BCUT2D eigenvalue weighted by atomic mass is 10.0. The molecule has 0 N–H and O–H groups in total. The molecule has 0 aliphatic carbocycles. The number of methoxy groups -OCH3 is 1. The van der Waals surface area contributed by atoms with Crippen molar-refractivity contribution in [3.8, 4) is 5.75 Å². The summed E-state index contributed by atoms with van der Waals surface area (Å²) in [7, 11) is 1.64. The Kier molecular flexibility index (Phi) is 5.64. The quantitative estimate of drug-likeness (QED) is 0.587. The zero-order valence-corrected chi connectivity index (χ0v) is 18.2. The smallest absolute Gasteiger partial charge is 0.222 e. The number of rotatable bonds is 6. The van der Waals surface area contributed by atoms with E-state index < -0.39 is 0 Å². The number of benzene rings is 1. The third kappa shape index (κ3) is 3.87. The molecule has 2 saturated heterocycles. The Morgan fingerprint density at radius 3 is 2.75 bits per heavy atom. The SMILES string of the molecule is COc1cnc2cccc(CCCC(=O)N3CC4CCC(C3)N4c3ccncc3F)c2c1. The number of piperazine rings is 1. The van der Waals surface area contributed by atoms with Crippen LogP contribution in [0.25, 0.3) is 10.9 Å². The van der Waals surface area contributed by atoms with Gasteiger partial charge in [0.2, 0.25) is 5.91 Å². The minimum absolute atomic E-state index is 0.172. The molecule has 2 aliphatic rings. The number of pyridine rings is 2. The summed E-state index contributed by atoms with van der Waals surface area (Å²) in [5.41, 5.74) is 2.73. The van der Waals surface area contributed by atoms with Crippen LogP contribution in [0.15, 0.2) is 48.9 Å². The van der Waals surface area contributed by atoms with Crippen LogP contribution >= 0.6 is 0 Å². The van der Waals surface area contributed by atoms with Gasteiger partial charge in [-0.2, -0.15) is 0 Å². The number of carbonyl (C=O) groups is 1. The van der Waals surface area contributed by atoms with E-state index in [2.05, 4.69) is 20.9 Å². The van der Waals surface area contributed by atoms with Gasteiger partial charge in [0.25, 0.3) is 0 Å². The molecule has 7 heteroatoms. The third-order valence-corrected chi connectivity index (χ3v) is 6.73. The molecule has 2 aromatic heterocycles. The van der Waals surface area contributed by atoms with Crippen molar-refractivity contribution in [3.05, 3.63) is 60.3 Å². The number of fused-ring (bicyclic) bond motifs is 3. The zero-order valence-electron chi connectivity index (χ0n) is 18.2. The summed E-state index contributed by atoms with van der Waals surface area (Å²) >= 11 is 0. The Morgan fingerprint density at radius 2 is 2.00 bits per heavy atom. The highest BCUT2D eigenvalue weighted by Gasteiger charge is 2.42. The first-order valence-corrected chi connectivity index (χ1v) is 11.2. The normalized spacial score (nSPS) is 20.1. The van der Waals surface area contributed by atoms with E-state index in [-0.39, 0.29) is 23.8 Å². The predicted molar refractivity (Wildman–Crippen MR) is 121 cm³/mol. The van der Waals surface area contributed by atoms with Gasteiger partial charge in [0.15, 0.2) is 5.82 Å². The van der Waals surface area contributed by atoms with Gasteiger partial charge in [-0.05, 0) is 49.4 Å². The molecule has 2 fully saturated rings. The molecule has 32 heavy (non-hydrogen) atoms. The van der Waals surface area contributed by atoms with Gasteiger partial charge in [-0.1, -0.05) is 12.1 Å². The van der Waals surface area contributed by atoms with E-state index in [0.29, 0.717) is 25.2 Å². The van der Waals surface area contributed by atoms with Gasteiger partial charge in [0.1, 0.15) is 5.75 Å². The van der Waals surface area contributed by atoms with Crippen LogP contribution in [0.3, 0.4) is 0 Å². The molecular weight excluding hydrogens is 407 g/mol. The van der Waals surface area contributed by atoms with Crippen LogP contribution in [-0.4, -0.2) is 53.1 Å². The van der Waals surface area contributed by atoms with Crippen LogP contribution in [0.1, 0.15) is 31.2 Å². The van der Waals surface area contributed by atoms with E-state index in [1.165, 1.54) is 11.8 Å². The van der Waals surface area contributed by atoms with Gasteiger partial charge in [-0.3, -0.25) is 14.8 Å². The largest absolute Gasteiger partial charge is 0.495 e. The zero-order chi connectivity index (χ0) is 22.1. The molecule has 2 bridgehead atoms. The van der Waals surface area contributed by atoms with Crippen LogP contribution in [0, 0.1) is 5.82 Å². The number of halogens is 1. The summed E-state index contributed by atoms with van der Waals surface area (Å²) in [4.78, 5) is 25.4. The van der Waals surface area contributed by atoms with Crippen molar-refractivity contribution < 1.29 is 13.9 Å². The van der Waals surface area contributed by atoms with E-state index in [4.69, 9.17) is 4.74 Å². The molecule has 2 aliphatic heterocycles. The number of carbonyl (C=O) groups excluding carboxylic acids is 1. The van der Waals surface area contributed by atoms with Crippen LogP contribution in [-0.2, 0) is 11.2 Å². The van der Waals surface area contributed by atoms with E-state index in [1.54, 1.807) is 25.6 Å². The lowest BCUT2D eigenvalue weighted by Gasteiger charge is -2.42. The monoisotopic (exact) mass is 434 g/mol. The lowest BCUT2D eigenvalue weighted by molar-refractivity contribution is -0.132. The molecule has 2 unspecified atom stereocenters. The van der Waals surface area contributed by atoms with Gasteiger partial charge in [-0.25, -0.2) is 4.39 Å². The average molecular weight is 435 g/mol. The number of hydrogen-bond acceptors (Lipinski definition) is 5. The van der Waals surface area contributed by atoms with Crippen LogP contribution < -0.4 is 9.64 Å². The molecule has 0 saturated carbocycles. The highest BCUT2D eigenvalue weighted by atomic mass is 19.1. The number of nitrogens with zero attached hydrogens (tertiary/aromatic N) is 4. The Morgan fingerprint density at radius 1 is 1.19 bits per heavy atom. The summed E-state index contributed by atoms with van der Waals surface area (Å²) in [6.45, 7) is 1.32. The fourth-order valence-electron chi connectivity index (χ4n) is 5.19. The second-order valence-corrected chi connectivity index (χ2v) is 8.63. The van der Waals surface area contributed by atoms with Crippen molar-refractivity contribution in [1.29, 1.82) is 0 Å². The van der Waals surface area contributed by atoms with Crippen molar-refractivity contribution >= 4 is 22.5 Å². The second-order valence-electron chi connectivity index (χ2n) is 8.63. The highest BCUT2D eigenvalue weighted by Crippen LogP contribution is 2.36. The summed E-state index contributed by atoms with van der Waals surface area (Å²) in [5.74, 6) is 0.637. The lowest BCUT2D eigenvalue weighted by Crippen LogP contribution is -2.55. The Bertz CT molecular complexity index is 1120. The fourth-order valence-corrected chi connectivity index (χ4v) is 5.19. The average Bonchev–Trinajstić information content (AvgIpc) is 3.07. The molecule has 3 aromatic rings. The maximum absolute atomic E-state index is 14.3. The highest BCUT2D eigenvalue weighted by molar-refractivity contribution is 5.83. The van der Waals surface area contributed by atoms with Crippen LogP contribution in [0.4, 0.5) is 10.1 Å². The molecule has 1 amide bonds. The number of hydrogen-bond donors (Lipinski definition) is 0. The van der Waals surface area contributed by atoms with E-state index in [0.717, 1.165) is 42.3 Å². The van der Waals surface area contributed by atoms with Gasteiger partial charge in [0, 0.05) is 43.2 Å². The van der Waals surface area contributed by atoms with Crippen molar-refractivity contribution in [3.63, 3.8) is 0 Å². The number of likely N-dealkylation sites (tertiary alicyclic amines) is 1. The standard InChI is InChI=1S/C25H27FN4O2/c1-32-20-12-21-17(4-2-6-23(21)28-13-20)5-3-7-25(31)29-15-18-8-9-19(16-29)30(18)24-10-11-27-14-22(24)26/h2,4,6,10-14,18-19H,3,5,7-9,15-16H2,1H3. The van der Waals surface area contributed by atoms with E-state index >= 15 is 0 Å². The van der Waals surface area contributed by atoms with Crippen LogP contribution in [0.2, 0.25) is 0 Å². The molecular formula is C25H27FN4O2. The van der Waals surface area contributed by atoms with Gasteiger partial charge in [-0.15, -0.1) is 0 Å². The number of ether oxygens (including phenoxy) is 1. The summed E-state index contributed by atoms with van der Waals surface area (Å²) in [6, 6.07) is 10.2. The summed E-state index contributed by atoms with van der Waals surface area (Å²) < 4.78 is 19.6. The number of anilines is 1. The number of aromatic nitrogens is 2. The van der Waals surface area contributed by atoms with Crippen molar-refractivity contribution in [2.24, 2.45) is 0 Å². The van der Waals surface area contributed by atoms with Crippen molar-refractivity contribution in [2.45, 2.75) is 44.2 Å². The number of aryl methyl sites for hydroxylation is 1. The first-order chi connectivity index (χ1) is 15.6. The molecule has 0 radical (unpaired) electrons. The maximum atomic E-state index is 14.3. The topological polar surface area (TPSA) is 58.6 Å². The second kappa shape index (κ2) is 8.73. The molecule has 4 heterocycles. The molecule has 6 nitrogen and oxygen atoms in total. The Hall–Kier alpha value is -3.22. The van der Waals surface area contributed by atoms with Crippen molar-refractivity contribution in [2.75, 3.05) is 25.1 Å². The fraction of sp³-hybridized carbons (Fsp3) is 0.400. The minimum atomic E-state index is -0.287. The van der Waals surface area contributed by atoms with Gasteiger partial charge < -0.3 is 14.5 Å². The molecule has 1 aromatic carbocycles. The molecule has 5 rings (SSSR count). The maximum Gasteiger partial charge on any atom is 0.222 e. The van der Waals surface area contributed by atoms with Crippen molar-refractivity contribution in [1.82, 2.24) is 14.9 Å². The molecule has 166 valence electrons. The first-order valence-electron chi connectivity index (χ1n) is 11.2. The molecule has 0 spiro atoms. The Balaban J connectivity index is 1.21. The van der Waals surface area contributed by atoms with E-state index in [9.17, 15) is 9.18 Å². The Labute approximate surface area is 187 Å². The first kappa shape index (κ1) is 20.7. The minimum Gasteiger partial charge on any atom is -0.495 e.